The van der Waals surface area contributed by atoms with E-state index in [1.165, 1.54) is 20.9 Å². The molecule has 1 heterocycles. The first kappa shape index (κ1) is 15.5. The molecule has 0 fully saturated rings. The van der Waals surface area contributed by atoms with Gasteiger partial charge in [0.25, 0.3) is 0 Å². The molecule has 0 amide bonds. The van der Waals surface area contributed by atoms with E-state index in [1.54, 1.807) is 11.3 Å². The third-order valence-corrected chi connectivity index (χ3v) is 5.37. The Morgan fingerprint density at radius 2 is 1.80 bits per heavy atom. The van der Waals surface area contributed by atoms with Gasteiger partial charge in [-0.2, -0.15) is 0 Å². The maximum atomic E-state index is 5.90. The van der Waals surface area contributed by atoms with Crippen LogP contribution in [0.3, 0.4) is 0 Å². The van der Waals surface area contributed by atoms with Crippen LogP contribution < -0.4 is 10.1 Å². The number of aryl methyl sites for hydroxylation is 2. The summed E-state index contributed by atoms with van der Waals surface area (Å²) >= 11 is 5.38. The predicted octanol–water partition coefficient (Wildman–Crippen LogP) is 4.82. The molecule has 1 N–H and O–H groups in total. The van der Waals surface area contributed by atoms with Crippen LogP contribution in [0.5, 0.6) is 5.75 Å². The summed E-state index contributed by atoms with van der Waals surface area (Å²) in [6.45, 7) is 8.87. The lowest BCUT2D eigenvalue weighted by molar-refractivity contribution is 0.309. The summed E-state index contributed by atoms with van der Waals surface area (Å²) in [5, 5.41) is 3.34. The third-order valence-electron chi connectivity index (χ3n) is 3.06. The van der Waals surface area contributed by atoms with Crippen LogP contribution in [0, 0.1) is 13.8 Å². The Hall–Kier alpha value is -0.840. The fourth-order valence-electron chi connectivity index (χ4n) is 1.99. The number of nitrogens with one attached hydrogen (secondary N) is 1. The molecule has 0 saturated heterocycles. The molecule has 1 aromatic carbocycles. The fourth-order valence-corrected chi connectivity index (χ4v) is 3.12. The minimum atomic E-state index is 0.636. The van der Waals surface area contributed by atoms with Gasteiger partial charge in [0, 0.05) is 20.8 Å². The summed E-state index contributed by atoms with van der Waals surface area (Å²) in [7, 11) is 0. The maximum absolute atomic E-state index is 5.90. The lowest BCUT2D eigenvalue weighted by Gasteiger charge is -2.09. The van der Waals surface area contributed by atoms with Crippen LogP contribution in [0.25, 0.3) is 0 Å². The smallest absolute Gasteiger partial charge is 0.122 e. The number of ether oxygens (including phenoxy) is 1. The van der Waals surface area contributed by atoms with E-state index in [-0.39, 0.29) is 0 Å². The summed E-state index contributed by atoms with van der Waals surface area (Å²) in [6, 6.07) is 8.47. The molecule has 2 nitrogen and oxygen atoms in total. The van der Waals surface area contributed by atoms with E-state index >= 15 is 0 Å². The molecule has 108 valence electrons. The number of rotatable bonds is 6. The van der Waals surface area contributed by atoms with Crippen LogP contribution >= 0.6 is 27.3 Å². The highest BCUT2D eigenvalue weighted by atomic mass is 79.9. The van der Waals surface area contributed by atoms with E-state index in [4.69, 9.17) is 4.74 Å². The van der Waals surface area contributed by atoms with E-state index in [0.29, 0.717) is 6.61 Å². The molecule has 0 bridgehead atoms. The van der Waals surface area contributed by atoms with Crippen LogP contribution in [0.2, 0.25) is 0 Å². The number of benzene rings is 1. The first-order valence-corrected chi connectivity index (χ1v) is 8.39. The van der Waals surface area contributed by atoms with Crippen molar-refractivity contribution in [2.45, 2.75) is 33.9 Å². The molecule has 2 rings (SSSR count). The highest BCUT2D eigenvalue weighted by Crippen LogP contribution is 2.27. The predicted molar refractivity (Wildman–Crippen MR) is 89.6 cm³/mol. The van der Waals surface area contributed by atoms with E-state index in [0.717, 1.165) is 23.3 Å². The minimum Gasteiger partial charge on any atom is -0.488 e. The van der Waals surface area contributed by atoms with Crippen molar-refractivity contribution in [2.24, 2.45) is 0 Å². The average molecular weight is 354 g/mol. The Bertz CT molecular complexity index is 557. The van der Waals surface area contributed by atoms with Gasteiger partial charge in [-0.1, -0.05) is 22.9 Å². The van der Waals surface area contributed by atoms with Gasteiger partial charge in [0.2, 0.25) is 0 Å². The first-order valence-electron chi connectivity index (χ1n) is 6.78. The molecule has 2 aromatic rings. The minimum absolute atomic E-state index is 0.636. The largest absolute Gasteiger partial charge is 0.488 e. The van der Waals surface area contributed by atoms with E-state index < -0.39 is 0 Å². The molecule has 0 aliphatic rings. The SMILES string of the molecule is CCNCc1ccc(COc2cc(C)c(Br)c(C)c2)s1. The fraction of sp³-hybridized carbons (Fsp3) is 0.375. The van der Waals surface area contributed by atoms with Crippen LogP contribution in [-0.4, -0.2) is 6.54 Å². The molecule has 0 unspecified atom stereocenters. The van der Waals surface area contributed by atoms with Gasteiger partial charge >= 0.3 is 0 Å². The normalized spacial score (nSPS) is 10.8. The molecule has 0 aliphatic heterocycles. The average Bonchev–Trinajstić information content (AvgIpc) is 2.88. The Morgan fingerprint density at radius 1 is 1.15 bits per heavy atom. The van der Waals surface area contributed by atoms with Crippen LogP contribution in [0.4, 0.5) is 0 Å². The van der Waals surface area contributed by atoms with Crippen molar-refractivity contribution in [3.8, 4) is 5.75 Å². The summed E-state index contributed by atoms with van der Waals surface area (Å²) in [5.41, 5.74) is 2.41. The van der Waals surface area contributed by atoms with Crippen molar-refractivity contribution in [3.05, 3.63) is 49.6 Å². The summed E-state index contributed by atoms with van der Waals surface area (Å²) in [4.78, 5) is 2.62. The van der Waals surface area contributed by atoms with Crippen LogP contribution in [-0.2, 0) is 13.2 Å². The number of halogens is 1. The summed E-state index contributed by atoms with van der Waals surface area (Å²) in [5.74, 6) is 0.935. The van der Waals surface area contributed by atoms with Gasteiger partial charge in [0.05, 0.1) is 0 Å². The highest BCUT2D eigenvalue weighted by molar-refractivity contribution is 9.10. The highest BCUT2D eigenvalue weighted by Gasteiger charge is 2.05. The standard InChI is InChI=1S/C16H20BrNOS/c1-4-18-9-14-5-6-15(20-14)10-19-13-7-11(2)16(17)12(3)8-13/h5-8,18H,4,9-10H2,1-3H3. The summed E-state index contributed by atoms with van der Waals surface area (Å²) < 4.78 is 7.06. The molecular weight excluding hydrogens is 334 g/mol. The van der Waals surface area contributed by atoms with E-state index in [1.807, 2.05) is 0 Å². The number of hydrogen-bond acceptors (Lipinski definition) is 3. The van der Waals surface area contributed by atoms with E-state index in [9.17, 15) is 0 Å². The van der Waals surface area contributed by atoms with Gasteiger partial charge in [-0.25, -0.2) is 0 Å². The molecule has 0 spiro atoms. The van der Waals surface area contributed by atoms with Crippen molar-refractivity contribution >= 4 is 27.3 Å². The van der Waals surface area contributed by atoms with Crippen molar-refractivity contribution in [1.82, 2.24) is 5.32 Å². The topological polar surface area (TPSA) is 21.3 Å². The van der Waals surface area contributed by atoms with Crippen molar-refractivity contribution in [1.29, 1.82) is 0 Å². The first-order chi connectivity index (χ1) is 9.60. The van der Waals surface area contributed by atoms with Gasteiger partial charge in [0.1, 0.15) is 12.4 Å². The van der Waals surface area contributed by atoms with Gasteiger partial charge in [0.15, 0.2) is 0 Å². The molecule has 0 atom stereocenters. The zero-order chi connectivity index (χ0) is 14.5. The Kier molecular flexibility index (Phi) is 5.64. The lowest BCUT2D eigenvalue weighted by atomic mass is 10.1. The van der Waals surface area contributed by atoms with Gasteiger partial charge < -0.3 is 10.1 Å². The molecule has 0 radical (unpaired) electrons. The monoisotopic (exact) mass is 353 g/mol. The second-order valence-electron chi connectivity index (χ2n) is 4.81. The molecule has 4 heteroatoms. The molecule has 0 aliphatic carbocycles. The van der Waals surface area contributed by atoms with Gasteiger partial charge in [-0.15, -0.1) is 11.3 Å². The Morgan fingerprint density at radius 3 is 2.45 bits per heavy atom. The zero-order valence-electron chi connectivity index (χ0n) is 12.1. The quantitative estimate of drug-likeness (QED) is 0.803. The molecule has 0 saturated carbocycles. The van der Waals surface area contributed by atoms with Gasteiger partial charge in [-0.05, 0) is 55.8 Å². The van der Waals surface area contributed by atoms with E-state index in [2.05, 4.69) is 66.3 Å². The van der Waals surface area contributed by atoms with Crippen LogP contribution in [0.15, 0.2) is 28.7 Å². The second kappa shape index (κ2) is 7.25. The second-order valence-corrected chi connectivity index (χ2v) is 6.85. The summed E-state index contributed by atoms with van der Waals surface area (Å²) in [6.07, 6.45) is 0. The lowest BCUT2D eigenvalue weighted by Crippen LogP contribution is -2.10. The molecular formula is C16H20BrNOS. The number of hydrogen-bond donors (Lipinski definition) is 1. The Balaban J connectivity index is 1.96. The zero-order valence-corrected chi connectivity index (χ0v) is 14.5. The van der Waals surface area contributed by atoms with Crippen molar-refractivity contribution < 1.29 is 4.74 Å². The number of thiophene rings is 1. The van der Waals surface area contributed by atoms with Gasteiger partial charge in [-0.3, -0.25) is 0 Å². The maximum Gasteiger partial charge on any atom is 0.122 e. The van der Waals surface area contributed by atoms with Crippen molar-refractivity contribution in [2.75, 3.05) is 6.54 Å². The molecule has 1 aromatic heterocycles. The van der Waals surface area contributed by atoms with Crippen molar-refractivity contribution in [3.63, 3.8) is 0 Å². The van der Waals surface area contributed by atoms with Crippen LogP contribution in [0.1, 0.15) is 27.8 Å². The molecule has 20 heavy (non-hydrogen) atoms. The Labute approximate surface area is 133 Å². The third kappa shape index (κ3) is 4.08.